The highest BCUT2D eigenvalue weighted by Crippen LogP contribution is 2.29. The van der Waals surface area contributed by atoms with Crippen LogP contribution in [0.4, 0.5) is 10.5 Å². The van der Waals surface area contributed by atoms with Crippen molar-refractivity contribution in [3.8, 4) is 0 Å². The van der Waals surface area contributed by atoms with Crippen LogP contribution in [0.1, 0.15) is 23.7 Å². The molecule has 2 unspecified atom stereocenters. The van der Waals surface area contributed by atoms with Crippen molar-refractivity contribution < 1.29 is 9.59 Å². The van der Waals surface area contributed by atoms with Crippen LogP contribution in [0.15, 0.2) is 18.2 Å². The van der Waals surface area contributed by atoms with E-state index in [1.165, 1.54) is 0 Å². The molecule has 2 aliphatic rings. The zero-order valence-electron chi connectivity index (χ0n) is 13.1. The molecule has 2 atom stereocenters. The predicted octanol–water partition coefficient (Wildman–Crippen LogP) is 1.68. The third-order valence-corrected chi connectivity index (χ3v) is 4.93. The maximum Gasteiger partial charge on any atom is 0.321 e. The number of benzene rings is 1. The summed E-state index contributed by atoms with van der Waals surface area (Å²) in [6.07, 6.45) is 0.911. The molecule has 2 saturated heterocycles. The van der Waals surface area contributed by atoms with Gasteiger partial charge in [-0.25, -0.2) is 4.79 Å². The minimum absolute atomic E-state index is 0.0973. The second-order valence-electron chi connectivity index (χ2n) is 6.19. The number of amides is 3. The second kappa shape index (κ2) is 6.37. The molecule has 7 heteroatoms. The SMILES string of the molecule is CC1CC(CN)CN1C(=O)c1cc(N2CCNC2=O)ccc1Cl. The van der Waals surface area contributed by atoms with Gasteiger partial charge in [0, 0.05) is 31.4 Å². The lowest BCUT2D eigenvalue weighted by Crippen LogP contribution is -2.35. The molecular formula is C16H21ClN4O2. The molecule has 0 aliphatic carbocycles. The minimum atomic E-state index is -0.150. The Labute approximate surface area is 140 Å². The summed E-state index contributed by atoms with van der Waals surface area (Å²) in [5, 5.41) is 3.16. The number of nitrogens with one attached hydrogen (secondary N) is 1. The summed E-state index contributed by atoms with van der Waals surface area (Å²) >= 11 is 6.24. The first-order valence-corrected chi connectivity index (χ1v) is 8.25. The summed E-state index contributed by atoms with van der Waals surface area (Å²) in [6, 6.07) is 5.14. The molecule has 3 rings (SSSR count). The molecule has 0 saturated carbocycles. The molecule has 2 heterocycles. The molecule has 0 bridgehead atoms. The Morgan fingerprint density at radius 1 is 1.48 bits per heavy atom. The Morgan fingerprint density at radius 3 is 2.87 bits per heavy atom. The zero-order chi connectivity index (χ0) is 16.6. The van der Waals surface area contributed by atoms with Crippen LogP contribution in [0.2, 0.25) is 5.02 Å². The minimum Gasteiger partial charge on any atom is -0.336 e. The van der Waals surface area contributed by atoms with Crippen LogP contribution < -0.4 is 16.0 Å². The van der Waals surface area contributed by atoms with Gasteiger partial charge in [0.15, 0.2) is 0 Å². The van der Waals surface area contributed by atoms with Crippen molar-refractivity contribution in [3.05, 3.63) is 28.8 Å². The Bertz CT molecular complexity index is 637. The van der Waals surface area contributed by atoms with E-state index in [0.717, 1.165) is 6.42 Å². The van der Waals surface area contributed by atoms with E-state index in [1.807, 2.05) is 11.8 Å². The van der Waals surface area contributed by atoms with Crippen LogP contribution in [-0.4, -0.2) is 49.1 Å². The Balaban J connectivity index is 1.87. The summed E-state index contributed by atoms with van der Waals surface area (Å²) in [5.74, 6) is 0.236. The first-order valence-electron chi connectivity index (χ1n) is 7.87. The van der Waals surface area contributed by atoms with Gasteiger partial charge in [-0.05, 0) is 44.0 Å². The van der Waals surface area contributed by atoms with Gasteiger partial charge >= 0.3 is 6.03 Å². The van der Waals surface area contributed by atoms with Crippen molar-refractivity contribution in [2.45, 2.75) is 19.4 Å². The number of rotatable bonds is 3. The normalized spacial score (nSPS) is 24.2. The number of hydrogen-bond donors (Lipinski definition) is 2. The van der Waals surface area contributed by atoms with Gasteiger partial charge in [0.05, 0.1) is 10.6 Å². The smallest absolute Gasteiger partial charge is 0.321 e. The lowest BCUT2D eigenvalue weighted by molar-refractivity contribution is 0.0743. The third kappa shape index (κ3) is 3.01. The monoisotopic (exact) mass is 336 g/mol. The van der Waals surface area contributed by atoms with Crippen LogP contribution >= 0.6 is 11.6 Å². The van der Waals surface area contributed by atoms with E-state index in [1.54, 1.807) is 23.1 Å². The third-order valence-electron chi connectivity index (χ3n) is 4.60. The first-order chi connectivity index (χ1) is 11.0. The molecule has 6 nitrogen and oxygen atoms in total. The molecule has 1 aromatic carbocycles. The van der Waals surface area contributed by atoms with E-state index in [9.17, 15) is 9.59 Å². The number of nitrogens with zero attached hydrogens (tertiary/aromatic N) is 2. The van der Waals surface area contributed by atoms with Gasteiger partial charge in [-0.2, -0.15) is 0 Å². The molecule has 0 spiro atoms. The molecule has 23 heavy (non-hydrogen) atoms. The molecule has 1 aromatic rings. The van der Waals surface area contributed by atoms with Crippen molar-refractivity contribution in [2.24, 2.45) is 11.7 Å². The topological polar surface area (TPSA) is 78.7 Å². The quantitative estimate of drug-likeness (QED) is 0.881. The number of anilines is 1. The highest BCUT2D eigenvalue weighted by atomic mass is 35.5. The average molecular weight is 337 g/mol. The molecule has 3 amide bonds. The number of carbonyl (C=O) groups is 2. The average Bonchev–Trinajstić information content (AvgIpc) is 3.13. The molecule has 0 aromatic heterocycles. The number of urea groups is 1. The molecule has 3 N–H and O–H groups in total. The Hall–Kier alpha value is -1.79. The maximum absolute atomic E-state index is 12.9. The van der Waals surface area contributed by atoms with Gasteiger partial charge in [0.2, 0.25) is 0 Å². The fourth-order valence-electron chi connectivity index (χ4n) is 3.31. The van der Waals surface area contributed by atoms with E-state index >= 15 is 0 Å². The van der Waals surface area contributed by atoms with E-state index in [2.05, 4.69) is 5.32 Å². The Kier molecular flexibility index (Phi) is 4.46. The van der Waals surface area contributed by atoms with Crippen LogP contribution in [0, 0.1) is 5.92 Å². The van der Waals surface area contributed by atoms with E-state index < -0.39 is 0 Å². The van der Waals surface area contributed by atoms with Crippen LogP contribution in [-0.2, 0) is 0 Å². The predicted molar refractivity (Wildman–Crippen MR) is 89.9 cm³/mol. The highest BCUT2D eigenvalue weighted by Gasteiger charge is 2.33. The van der Waals surface area contributed by atoms with Gasteiger partial charge in [-0.1, -0.05) is 11.6 Å². The van der Waals surface area contributed by atoms with Gasteiger partial charge in [0.25, 0.3) is 5.91 Å². The van der Waals surface area contributed by atoms with E-state index in [4.69, 9.17) is 17.3 Å². The van der Waals surface area contributed by atoms with Gasteiger partial charge in [-0.15, -0.1) is 0 Å². The number of hydrogen-bond acceptors (Lipinski definition) is 3. The summed E-state index contributed by atoms with van der Waals surface area (Å²) < 4.78 is 0. The molecule has 0 radical (unpaired) electrons. The first kappa shape index (κ1) is 16.1. The summed E-state index contributed by atoms with van der Waals surface area (Å²) in [4.78, 5) is 28.1. The van der Waals surface area contributed by atoms with Crippen molar-refractivity contribution >= 4 is 29.2 Å². The molecular weight excluding hydrogens is 316 g/mol. The second-order valence-corrected chi connectivity index (χ2v) is 6.60. The fraction of sp³-hybridized carbons (Fsp3) is 0.500. The highest BCUT2D eigenvalue weighted by molar-refractivity contribution is 6.34. The van der Waals surface area contributed by atoms with Crippen molar-refractivity contribution in [2.75, 3.05) is 31.1 Å². The summed E-state index contributed by atoms with van der Waals surface area (Å²) in [6.45, 7) is 4.45. The van der Waals surface area contributed by atoms with Gasteiger partial charge in [0.1, 0.15) is 0 Å². The number of nitrogens with two attached hydrogens (primary N) is 1. The van der Waals surface area contributed by atoms with Crippen LogP contribution in [0.3, 0.4) is 0 Å². The van der Waals surface area contributed by atoms with Crippen LogP contribution in [0.25, 0.3) is 0 Å². The molecule has 124 valence electrons. The molecule has 2 aliphatic heterocycles. The van der Waals surface area contributed by atoms with Crippen molar-refractivity contribution in [3.63, 3.8) is 0 Å². The number of halogens is 1. The zero-order valence-corrected chi connectivity index (χ0v) is 13.8. The van der Waals surface area contributed by atoms with Crippen molar-refractivity contribution in [1.82, 2.24) is 10.2 Å². The summed E-state index contributed by atoms with van der Waals surface area (Å²) in [5.41, 5.74) is 6.86. The summed E-state index contributed by atoms with van der Waals surface area (Å²) in [7, 11) is 0. The largest absolute Gasteiger partial charge is 0.336 e. The van der Waals surface area contributed by atoms with E-state index in [0.29, 0.717) is 48.4 Å². The van der Waals surface area contributed by atoms with Crippen molar-refractivity contribution in [1.29, 1.82) is 0 Å². The lowest BCUT2D eigenvalue weighted by atomic mass is 10.1. The van der Waals surface area contributed by atoms with Gasteiger partial charge < -0.3 is 16.0 Å². The van der Waals surface area contributed by atoms with Crippen LogP contribution in [0.5, 0.6) is 0 Å². The molecule has 2 fully saturated rings. The van der Waals surface area contributed by atoms with Gasteiger partial charge in [-0.3, -0.25) is 9.69 Å². The lowest BCUT2D eigenvalue weighted by Gasteiger charge is -2.23. The Morgan fingerprint density at radius 2 is 2.26 bits per heavy atom. The number of likely N-dealkylation sites (tertiary alicyclic amines) is 1. The standard InChI is InChI=1S/C16H21ClN4O2/c1-10-6-11(8-18)9-21(10)15(22)13-7-12(2-3-14(13)17)20-5-4-19-16(20)23/h2-3,7,10-11H,4-6,8-9,18H2,1H3,(H,19,23). The fourth-order valence-corrected chi connectivity index (χ4v) is 3.51. The maximum atomic E-state index is 12.9. The number of carbonyl (C=O) groups excluding carboxylic acids is 2. The van der Waals surface area contributed by atoms with E-state index in [-0.39, 0.29) is 18.0 Å².